The number of anilines is 1. The minimum atomic E-state index is -1.26. The number of nitrogen functional groups attached to an aromatic ring is 1. The second-order valence-corrected chi connectivity index (χ2v) is 6.56. The number of aromatic hydroxyl groups is 2. The average Bonchev–Trinajstić information content (AvgIpc) is 2.66. The molecule has 0 unspecified atom stereocenters. The van der Waals surface area contributed by atoms with Crippen LogP contribution in [-0.2, 0) is 16.0 Å². The average molecular weight is 418 g/mol. The molecule has 9 heteroatoms. The van der Waals surface area contributed by atoms with E-state index in [4.69, 9.17) is 15.9 Å². The molecule has 0 amide bonds. The van der Waals surface area contributed by atoms with Gasteiger partial charge in [-0.05, 0) is 48.7 Å². The van der Waals surface area contributed by atoms with Gasteiger partial charge in [0.05, 0.1) is 6.10 Å². The van der Waals surface area contributed by atoms with E-state index >= 15 is 0 Å². The molecule has 2 aromatic carbocycles. The number of benzene rings is 2. The number of hydrogen-bond acceptors (Lipinski definition) is 7. The lowest BCUT2D eigenvalue weighted by Crippen LogP contribution is -2.32. The highest BCUT2D eigenvalue weighted by Gasteiger charge is 2.12. The first kappa shape index (κ1) is 24.5. The lowest BCUT2D eigenvalue weighted by Gasteiger charge is -2.18. The molecule has 0 heterocycles. The van der Waals surface area contributed by atoms with E-state index in [0.29, 0.717) is 24.3 Å². The number of aliphatic hydroxyl groups excluding tert-OH is 1. The summed E-state index contributed by atoms with van der Waals surface area (Å²) >= 11 is 0. The monoisotopic (exact) mass is 418 g/mol. The molecule has 0 saturated heterocycles. The zero-order chi connectivity index (χ0) is 22.7. The minimum absolute atomic E-state index is 0.0658. The van der Waals surface area contributed by atoms with Gasteiger partial charge in [-0.3, -0.25) is 0 Å². The van der Waals surface area contributed by atoms with Crippen LogP contribution in [0.3, 0.4) is 0 Å². The van der Waals surface area contributed by atoms with Crippen molar-refractivity contribution in [3.8, 4) is 11.5 Å². The molecule has 0 bridgehead atoms. The smallest absolute Gasteiger partial charge is 0.328 e. The molecule has 8 N–H and O–H groups in total. The van der Waals surface area contributed by atoms with E-state index in [9.17, 15) is 24.9 Å². The van der Waals surface area contributed by atoms with Crippen molar-refractivity contribution in [1.29, 1.82) is 0 Å². The van der Waals surface area contributed by atoms with Crippen molar-refractivity contribution in [2.45, 2.75) is 25.5 Å². The first-order valence-electron chi connectivity index (χ1n) is 8.99. The number of carbonyl (C=O) groups is 2. The third kappa shape index (κ3) is 10.1. The summed E-state index contributed by atoms with van der Waals surface area (Å²) in [6, 6.07) is 12.0. The maximum atomic E-state index is 10.1. The lowest BCUT2D eigenvalue weighted by atomic mass is 10.1. The summed E-state index contributed by atoms with van der Waals surface area (Å²) in [5.74, 6) is -2.65. The van der Waals surface area contributed by atoms with Crippen LogP contribution in [0.25, 0.3) is 0 Å². The zero-order valence-electron chi connectivity index (χ0n) is 16.4. The minimum Gasteiger partial charge on any atom is -0.508 e. The van der Waals surface area contributed by atoms with E-state index in [2.05, 4.69) is 5.32 Å². The molecule has 0 fully saturated rings. The number of aliphatic carboxylic acids is 2. The molecule has 2 atom stereocenters. The third-order valence-corrected chi connectivity index (χ3v) is 3.86. The highest BCUT2D eigenvalue weighted by Crippen LogP contribution is 2.24. The topological polar surface area (TPSA) is 173 Å². The summed E-state index contributed by atoms with van der Waals surface area (Å²) < 4.78 is 0. The fourth-order valence-electron chi connectivity index (χ4n) is 2.46. The Kier molecular flexibility index (Phi) is 9.87. The van der Waals surface area contributed by atoms with Gasteiger partial charge in [0.25, 0.3) is 0 Å². The number of carboxylic acid groups (broad SMARTS) is 2. The van der Waals surface area contributed by atoms with Gasteiger partial charge in [0.2, 0.25) is 0 Å². The molecule has 9 nitrogen and oxygen atoms in total. The summed E-state index contributed by atoms with van der Waals surface area (Å²) in [7, 11) is 0. The molecule has 0 aliphatic heterocycles. The first-order valence-corrected chi connectivity index (χ1v) is 8.99. The van der Waals surface area contributed by atoms with E-state index < -0.39 is 18.0 Å². The molecule has 0 saturated carbocycles. The van der Waals surface area contributed by atoms with Crippen LogP contribution in [0.5, 0.6) is 11.5 Å². The number of aliphatic hydroxyl groups is 1. The Balaban J connectivity index is 0.000000479. The molecule has 30 heavy (non-hydrogen) atoms. The second-order valence-electron chi connectivity index (χ2n) is 6.56. The van der Waals surface area contributed by atoms with E-state index in [0.717, 1.165) is 12.1 Å². The summed E-state index contributed by atoms with van der Waals surface area (Å²) in [6.45, 7) is 2.36. The van der Waals surface area contributed by atoms with Crippen LogP contribution in [0, 0.1) is 0 Å². The van der Waals surface area contributed by atoms with E-state index in [1.165, 1.54) is 23.8 Å². The number of nitrogens with one attached hydrogen (secondary N) is 1. The van der Waals surface area contributed by atoms with Gasteiger partial charge in [-0.2, -0.15) is 0 Å². The zero-order valence-corrected chi connectivity index (χ0v) is 16.4. The van der Waals surface area contributed by atoms with Crippen molar-refractivity contribution < 1.29 is 35.1 Å². The molecule has 0 spiro atoms. The van der Waals surface area contributed by atoms with Crippen LogP contribution in [0.2, 0.25) is 0 Å². The predicted octanol–water partition coefficient (Wildman–Crippen LogP) is 1.65. The number of hydrogen-bond donors (Lipinski definition) is 7. The maximum absolute atomic E-state index is 10.1. The van der Waals surface area contributed by atoms with Crippen molar-refractivity contribution in [2.24, 2.45) is 0 Å². The molecular weight excluding hydrogens is 392 g/mol. The van der Waals surface area contributed by atoms with Crippen LogP contribution < -0.4 is 11.1 Å². The Hall–Kier alpha value is -3.56. The molecule has 0 aliphatic rings. The van der Waals surface area contributed by atoms with E-state index in [1.54, 1.807) is 0 Å². The van der Waals surface area contributed by atoms with Crippen LogP contribution in [-0.4, -0.2) is 50.1 Å². The van der Waals surface area contributed by atoms with Crippen LogP contribution in [0.1, 0.15) is 24.2 Å². The molecule has 2 aromatic rings. The van der Waals surface area contributed by atoms with Gasteiger partial charge in [-0.25, -0.2) is 9.59 Å². The number of nitrogens with two attached hydrogens (primary N) is 1. The van der Waals surface area contributed by atoms with Crippen molar-refractivity contribution in [3.05, 3.63) is 65.7 Å². The second kappa shape index (κ2) is 12.1. The number of phenols is 2. The Labute approximate surface area is 173 Å². The van der Waals surface area contributed by atoms with Gasteiger partial charge < -0.3 is 36.6 Å². The summed E-state index contributed by atoms with van der Waals surface area (Å²) in [6.07, 6.45) is 1.13. The quantitative estimate of drug-likeness (QED) is 0.248. The highest BCUT2D eigenvalue weighted by atomic mass is 16.4. The molecule has 2 rings (SSSR count). The number of rotatable bonds is 8. The van der Waals surface area contributed by atoms with Crippen molar-refractivity contribution in [2.75, 3.05) is 12.3 Å². The summed E-state index contributed by atoms with van der Waals surface area (Å²) in [5.41, 5.74) is 8.04. The SMILES string of the molecule is C[C@@H](Cc1ccc(N)cc1)NC[C@@H](O)c1cc(O)cc(O)c1.O=C(O)/C=C/C(=O)O. The summed E-state index contributed by atoms with van der Waals surface area (Å²) in [4.78, 5) is 19.1. The molecule has 162 valence electrons. The van der Waals surface area contributed by atoms with Gasteiger partial charge in [0.15, 0.2) is 0 Å². The number of phenolic OH excluding ortho intramolecular Hbond substituents is 2. The van der Waals surface area contributed by atoms with E-state index in [-0.39, 0.29) is 17.5 Å². The third-order valence-electron chi connectivity index (χ3n) is 3.86. The van der Waals surface area contributed by atoms with Crippen LogP contribution in [0.15, 0.2) is 54.6 Å². The fourth-order valence-corrected chi connectivity index (χ4v) is 2.46. The van der Waals surface area contributed by atoms with Crippen molar-refractivity contribution in [3.63, 3.8) is 0 Å². The van der Waals surface area contributed by atoms with Gasteiger partial charge in [-0.15, -0.1) is 0 Å². The van der Waals surface area contributed by atoms with Crippen molar-refractivity contribution >= 4 is 17.6 Å². The summed E-state index contributed by atoms with van der Waals surface area (Å²) in [5, 5.41) is 47.9. The first-order chi connectivity index (χ1) is 14.1. The normalized spacial score (nSPS) is 12.6. The maximum Gasteiger partial charge on any atom is 0.328 e. The van der Waals surface area contributed by atoms with Crippen molar-refractivity contribution in [1.82, 2.24) is 5.32 Å². The van der Waals surface area contributed by atoms with E-state index in [1.807, 2.05) is 31.2 Å². The van der Waals surface area contributed by atoms with Gasteiger partial charge in [0, 0.05) is 36.5 Å². The molecule has 0 radical (unpaired) electrons. The van der Waals surface area contributed by atoms with Gasteiger partial charge in [-0.1, -0.05) is 12.1 Å². The molecular formula is C21H26N2O7. The molecule has 0 aliphatic carbocycles. The Morgan fingerprint density at radius 2 is 1.50 bits per heavy atom. The van der Waals surface area contributed by atoms with Crippen LogP contribution >= 0.6 is 0 Å². The lowest BCUT2D eigenvalue weighted by molar-refractivity contribution is -0.134. The predicted molar refractivity (Wildman–Crippen MR) is 111 cm³/mol. The van der Waals surface area contributed by atoms with Gasteiger partial charge in [0.1, 0.15) is 11.5 Å². The highest BCUT2D eigenvalue weighted by molar-refractivity contribution is 5.89. The van der Waals surface area contributed by atoms with Gasteiger partial charge >= 0.3 is 11.9 Å². The fraction of sp³-hybridized carbons (Fsp3) is 0.238. The Morgan fingerprint density at radius 3 is 1.97 bits per heavy atom. The van der Waals surface area contributed by atoms with Crippen LogP contribution in [0.4, 0.5) is 5.69 Å². The standard InChI is InChI=1S/C17H22N2O3.C4H4O4/c1-11(6-12-2-4-14(18)5-3-12)19-10-17(22)13-7-15(20)9-16(21)8-13;5-3(6)1-2-4(7)8/h2-5,7-9,11,17,19-22H,6,10,18H2,1H3;1-2H,(H,5,6)(H,7,8)/b;2-1+/t11-,17+;/m0./s1. The Morgan fingerprint density at radius 1 is 1.00 bits per heavy atom. The molecule has 0 aromatic heterocycles. The largest absolute Gasteiger partial charge is 0.508 e. The number of carboxylic acids is 2. The Bertz CT molecular complexity index is 830.